The molecular weight excluding hydrogens is 101 g/mol. The number of hydrogen-bond donors (Lipinski definition) is 1. The summed E-state index contributed by atoms with van der Waals surface area (Å²) in [6, 6.07) is 0. The number of nitrogens with one attached hydrogen (secondary N) is 1. The van der Waals surface area contributed by atoms with E-state index in [4.69, 9.17) is 12.2 Å². The minimum absolute atomic E-state index is 0. The molecule has 0 aliphatic carbocycles. The summed E-state index contributed by atoms with van der Waals surface area (Å²) in [6.45, 7) is 1.10. The Morgan fingerprint density at radius 2 is 2.29 bits per heavy atom. The third-order valence-electron chi connectivity index (χ3n) is 0.903. The summed E-state index contributed by atoms with van der Waals surface area (Å²) in [5, 5.41) is 3.05. The standard InChI is InChI=1S/C4H7NS.Li/c6-4-2-1-3-5-4;/h1-3H2,(H,5,6);. The van der Waals surface area contributed by atoms with Crippen LogP contribution in [-0.4, -0.2) is 30.4 Å². The maximum Gasteiger partial charge on any atom is 0.0754 e. The van der Waals surface area contributed by atoms with E-state index < -0.39 is 0 Å². The maximum absolute atomic E-state index is 4.81. The fourth-order valence-electron chi connectivity index (χ4n) is 0.565. The molecule has 0 aromatic heterocycles. The summed E-state index contributed by atoms with van der Waals surface area (Å²) in [5.41, 5.74) is 0. The summed E-state index contributed by atoms with van der Waals surface area (Å²) in [6.07, 6.45) is 2.34. The summed E-state index contributed by atoms with van der Waals surface area (Å²) in [5.74, 6) is 0. The molecule has 0 bridgehead atoms. The number of rotatable bonds is 0. The van der Waals surface area contributed by atoms with E-state index in [1.54, 1.807) is 0 Å². The van der Waals surface area contributed by atoms with E-state index in [1.807, 2.05) is 0 Å². The first kappa shape index (κ1) is 7.49. The predicted octanol–water partition coefficient (Wildman–Crippen LogP) is 0.316. The van der Waals surface area contributed by atoms with Crippen LogP contribution in [0, 0.1) is 0 Å². The van der Waals surface area contributed by atoms with Gasteiger partial charge in [0.25, 0.3) is 0 Å². The van der Waals surface area contributed by atoms with Gasteiger partial charge in [-0.3, -0.25) is 0 Å². The minimum Gasteiger partial charge on any atom is -0.380 e. The average molecular weight is 108 g/mol. The van der Waals surface area contributed by atoms with Crippen LogP contribution in [-0.2, 0) is 0 Å². The van der Waals surface area contributed by atoms with E-state index in [1.165, 1.54) is 6.42 Å². The normalized spacial score (nSPS) is 18.0. The van der Waals surface area contributed by atoms with Gasteiger partial charge in [0.2, 0.25) is 0 Å². The van der Waals surface area contributed by atoms with E-state index in [0.29, 0.717) is 0 Å². The molecule has 1 fully saturated rings. The molecule has 1 rings (SSSR count). The Balaban J connectivity index is 0.000000360. The monoisotopic (exact) mass is 108 g/mol. The van der Waals surface area contributed by atoms with Crippen LogP contribution in [0.2, 0.25) is 0 Å². The molecule has 0 unspecified atom stereocenters. The van der Waals surface area contributed by atoms with Crippen LogP contribution >= 0.6 is 12.2 Å². The summed E-state index contributed by atoms with van der Waals surface area (Å²) >= 11 is 4.81. The predicted molar refractivity (Wildman–Crippen MR) is 35.6 cm³/mol. The molecule has 1 radical (unpaired) electrons. The fourth-order valence-corrected chi connectivity index (χ4v) is 0.812. The molecule has 1 saturated heterocycles. The SMILES string of the molecule is S=C1CCCN1.[Li]. The van der Waals surface area contributed by atoms with Gasteiger partial charge in [0.15, 0.2) is 0 Å². The Hall–Kier alpha value is 0.487. The van der Waals surface area contributed by atoms with Crippen molar-refractivity contribution in [3.63, 3.8) is 0 Å². The summed E-state index contributed by atoms with van der Waals surface area (Å²) < 4.78 is 0. The van der Waals surface area contributed by atoms with Crippen molar-refractivity contribution in [3.8, 4) is 0 Å². The molecule has 1 nitrogen and oxygen atoms in total. The van der Waals surface area contributed by atoms with E-state index in [2.05, 4.69) is 5.32 Å². The molecule has 0 aromatic carbocycles. The molecule has 1 heterocycles. The zero-order valence-electron chi connectivity index (χ0n) is 4.53. The van der Waals surface area contributed by atoms with Crippen molar-refractivity contribution in [2.24, 2.45) is 0 Å². The topological polar surface area (TPSA) is 12.0 Å². The Morgan fingerprint density at radius 1 is 1.57 bits per heavy atom. The molecule has 0 atom stereocenters. The largest absolute Gasteiger partial charge is 0.380 e. The van der Waals surface area contributed by atoms with Crippen molar-refractivity contribution >= 4 is 36.1 Å². The molecule has 1 aliphatic rings. The molecule has 0 aromatic rings. The van der Waals surface area contributed by atoms with Gasteiger partial charge in [0.1, 0.15) is 0 Å². The molecule has 3 heteroatoms. The summed E-state index contributed by atoms with van der Waals surface area (Å²) in [7, 11) is 0. The molecule has 0 spiro atoms. The quantitative estimate of drug-likeness (QED) is 0.354. The van der Waals surface area contributed by atoms with E-state index >= 15 is 0 Å². The fraction of sp³-hybridized carbons (Fsp3) is 0.750. The first-order valence-corrected chi connectivity index (χ1v) is 2.57. The van der Waals surface area contributed by atoms with Gasteiger partial charge in [-0.25, -0.2) is 0 Å². The molecular formula is C4H7LiNS. The number of hydrogen-bond acceptors (Lipinski definition) is 1. The van der Waals surface area contributed by atoms with Crippen LogP contribution in [0.1, 0.15) is 12.8 Å². The van der Waals surface area contributed by atoms with Crippen LogP contribution in [0.5, 0.6) is 0 Å². The van der Waals surface area contributed by atoms with Gasteiger partial charge in [0.05, 0.1) is 4.99 Å². The first-order chi connectivity index (χ1) is 2.89. The van der Waals surface area contributed by atoms with Crippen molar-refractivity contribution in [2.75, 3.05) is 6.54 Å². The van der Waals surface area contributed by atoms with Gasteiger partial charge in [-0.2, -0.15) is 0 Å². The minimum atomic E-state index is 0. The third-order valence-corrected chi connectivity index (χ3v) is 1.25. The second kappa shape index (κ2) is 3.48. The van der Waals surface area contributed by atoms with Gasteiger partial charge in [0, 0.05) is 25.4 Å². The van der Waals surface area contributed by atoms with Crippen LogP contribution in [0.25, 0.3) is 0 Å². The van der Waals surface area contributed by atoms with Crippen LogP contribution < -0.4 is 5.32 Å². The Morgan fingerprint density at radius 3 is 2.43 bits per heavy atom. The molecule has 0 amide bonds. The molecule has 7 heavy (non-hydrogen) atoms. The van der Waals surface area contributed by atoms with Crippen LogP contribution in [0.3, 0.4) is 0 Å². The Kier molecular flexibility index (Phi) is 3.73. The summed E-state index contributed by atoms with van der Waals surface area (Å²) in [4.78, 5) is 1.04. The third kappa shape index (κ3) is 2.33. The van der Waals surface area contributed by atoms with Gasteiger partial charge >= 0.3 is 0 Å². The molecule has 0 saturated carbocycles. The van der Waals surface area contributed by atoms with Crippen molar-refractivity contribution < 1.29 is 0 Å². The van der Waals surface area contributed by atoms with Crippen molar-refractivity contribution in [3.05, 3.63) is 0 Å². The van der Waals surface area contributed by atoms with E-state index in [-0.39, 0.29) is 18.9 Å². The molecule has 1 aliphatic heterocycles. The first-order valence-electron chi connectivity index (χ1n) is 2.16. The Labute approximate surface area is 61.0 Å². The van der Waals surface area contributed by atoms with Crippen LogP contribution in [0.15, 0.2) is 0 Å². The van der Waals surface area contributed by atoms with Crippen LogP contribution in [0.4, 0.5) is 0 Å². The molecule has 35 valence electrons. The van der Waals surface area contributed by atoms with Crippen molar-refractivity contribution in [2.45, 2.75) is 12.8 Å². The van der Waals surface area contributed by atoms with Crippen molar-refractivity contribution in [1.29, 1.82) is 0 Å². The van der Waals surface area contributed by atoms with Crippen molar-refractivity contribution in [1.82, 2.24) is 5.32 Å². The number of thiocarbonyl (C=S) groups is 1. The smallest absolute Gasteiger partial charge is 0.0754 e. The second-order valence-electron chi connectivity index (χ2n) is 1.45. The molecule has 1 N–H and O–H groups in total. The average Bonchev–Trinajstić information content (AvgIpc) is 1.86. The van der Waals surface area contributed by atoms with Gasteiger partial charge < -0.3 is 5.32 Å². The zero-order chi connectivity index (χ0) is 4.41. The van der Waals surface area contributed by atoms with Gasteiger partial charge in [-0.15, -0.1) is 0 Å². The zero-order valence-corrected chi connectivity index (χ0v) is 5.35. The van der Waals surface area contributed by atoms with Gasteiger partial charge in [-0.05, 0) is 12.8 Å². The van der Waals surface area contributed by atoms with Gasteiger partial charge in [-0.1, -0.05) is 12.2 Å². The van der Waals surface area contributed by atoms with E-state index in [9.17, 15) is 0 Å². The van der Waals surface area contributed by atoms with E-state index in [0.717, 1.165) is 18.0 Å². The maximum atomic E-state index is 4.81. The second-order valence-corrected chi connectivity index (χ2v) is 1.95. The Bertz CT molecular complexity index is 66.1.